The molecule has 32 heavy (non-hydrogen) atoms. The van der Waals surface area contributed by atoms with Crippen molar-refractivity contribution >= 4 is 47.6 Å². The molecule has 0 bridgehead atoms. The highest BCUT2D eigenvalue weighted by Gasteiger charge is 2.34. The summed E-state index contributed by atoms with van der Waals surface area (Å²) in [6.07, 6.45) is 4.91. The summed E-state index contributed by atoms with van der Waals surface area (Å²) in [4.78, 5) is 24.3. The summed E-state index contributed by atoms with van der Waals surface area (Å²) in [6, 6.07) is 11.0. The molecule has 4 aromatic heterocycles. The molecule has 1 N–H and O–H groups in total. The lowest BCUT2D eigenvalue weighted by Crippen LogP contribution is -2.33. The Balaban J connectivity index is 0.00000216. The fraction of sp³-hybridized carbons (Fsp3) is 0.200. The molecule has 6 rings (SSSR count). The summed E-state index contributed by atoms with van der Waals surface area (Å²) < 4.78 is 3.20. The number of benzene rings is 1. The molecule has 1 aliphatic rings. The predicted molar refractivity (Wildman–Crippen MR) is 125 cm³/mol. The number of halogens is 1. The lowest BCUT2D eigenvalue weighted by Gasteiger charge is -2.27. The molecular weight excluding hydrogens is 450 g/mol. The molecule has 0 saturated carbocycles. The Kier molecular flexibility index (Phi) is 5.06. The van der Waals surface area contributed by atoms with E-state index in [0.29, 0.717) is 33.3 Å². The van der Waals surface area contributed by atoms with Crippen LogP contribution in [-0.4, -0.2) is 46.1 Å². The maximum absolute atomic E-state index is 13.5. The zero-order valence-electron chi connectivity index (χ0n) is 16.7. The summed E-state index contributed by atoms with van der Waals surface area (Å²) in [5.74, 6) is 1.28. The van der Waals surface area contributed by atoms with Gasteiger partial charge in [-0.3, -0.25) is 9.36 Å². The quantitative estimate of drug-likeness (QED) is 0.434. The molecule has 1 saturated heterocycles. The number of hydrogen-bond acceptors (Lipinski definition) is 7. The topological polar surface area (TPSA) is 110 Å². The van der Waals surface area contributed by atoms with Crippen LogP contribution in [0.2, 0.25) is 5.02 Å². The third kappa shape index (κ3) is 3.04. The number of nitrogens with zero attached hydrogens (tertiary/aromatic N) is 8. The molecule has 0 unspecified atom stereocenters. The van der Waals surface area contributed by atoms with Crippen molar-refractivity contribution in [3.05, 3.63) is 70.1 Å². The van der Waals surface area contributed by atoms with Crippen LogP contribution in [0.15, 0.2) is 53.7 Å². The monoisotopic (exact) mass is 467 g/mol. The van der Waals surface area contributed by atoms with E-state index in [1.165, 1.54) is 6.33 Å². The average molecular weight is 468 g/mol. The first-order chi connectivity index (χ1) is 15.2. The molecular formula is C20H18ClN9OS. The fourth-order valence-electron chi connectivity index (χ4n) is 4.25. The number of nitrogens with one attached hydrogen (secondary N) is 1. The molecule has 1 aliphatic heterocycles. The van der Waals surface area contributed by atoms with Crippen LogP contribution in [0.1, 0.15) is 24.7 Å². The molecule has 5 aromatic rings. The van der Waals surface area contributed by atoms with Crippen molar-refractivity contribution in [3.63, 3.8) is 0 Å². The molecule has 10 nitrogen and oxygen atoms in total. The number of anilines is 1. The molecule has 0 amide bonds. The van der Waals surface area contributed by atoms with Gasteiger partial charge in [0.25, 0.3) is 5.56 Å². The summed E-state index contributed by atoms with van der Waals surface area (Å²) in [7, 11) is 0. The van der Waals surface area contributed by atoms with Gasteiger partial charge in [0.2, 0.25) is 5.65 Å². The summed E-state index contributed by atoms with van der Waals surface area (Å²) >= 11 is 6.31. The number of rotatable bonds is 3. The van der Waals surface area contributed by atoms with Crippen molar-refractivity contribution in [2.24, 2.45) is 0 Å². The summed E-state index contributed by atoms with van der Waals surface area (Å²) in [5, 5.41) is 16.1. The van der Waals surface area contributed by atoms with Crippen molar-refractivity contribution in [3.8, 4) is 5.69 Å². The van der Waals surface area contributed by atoms with Crippen LogP contribution < -0.4 is 10.5 Å². The number of H-pyrrole nitrogens is 1. The number of fused-ring (bicyclic) bond motifs is 2. The third-order valence-electron chi connectivity index (χ3n) is 5.60. The zero-order chi connectivity index (χ0) is 20.9. The van der Waals surface area contributed by atoms with Gasteiger partial charge >= 0.3 is 0 Å². The normalized spacial score (nSPS) is 16.0. The van der Waals surface area contributed by atoms with E-state index in [1.807, 2.05) is 30.3 Å². The minimum atomic E-state index is -0.215. The Labute approximate surface area is 193 Å². The second kappa shape index (κ2) is 7.92. The lowest BCUT2D eigenvalue weighted by atomic mass is 10.2. The van der Waals surface area contributed by atoms with Gasteiger partial charge in [-0.05, 0) is 31.0 Å². The maximum Gasteiger partial charge on any atom is 0.284 e. The number of aromatic amines is 1. The third-order valence-corrected chi connectivity index (χ3v) is 5.91. The van der Waals surface area contributed by atoms with Crippen LogP contribution in [0.25, 0.3) is 22.4 Å². The second-order valence-electron chi connectivity index (χ2n) is 7.34. The van der Waals surface area contributed by atoms with Gasteiger partial charge in [0.05, 0.1) is 16.8 Å². The minimum Gasteiger partial charge on any atom is -0.344 e. The molecule has 1 fully saturated rings. The average Bonchev–Trinajstić information content (AvgIpc) is 3.53. The van der Waals surface area contributed by atoms with Gasteiger partial charge in [-0.1, -0.05) is 29.8 Å². The summed E-state index contributed by atoms with van der Waals surface area (Å²) in [6.45, 7) is 0.749. The van der Waals surface area contributed by atoms with E-state index in [4.69, 9.17) is 16.7 Å². The van der Waals surface area contributed by atoms with Crippen molar-refractivity contribution in [2.45, 2.75) is 18.9 Å². The van der Waals surface area contributed by atoms with E-state index >= 15 is 0 Å². The molecule has 162 valence electrons. The van der Waals surface area contributed by atoms with E-state index in [-0.39, 0.29) is 25.1 Å². The lowest BCUT2D eigenvalue weighted by molar-refractivity contribution is 0.602. The Hall–Kier alpha value is -3.44. The Bertz CT molecular complexity index is 1480. The van der Waals surface area contributed by atoms with Gasteiger partial charge in [-0.15, -0.1) is 5.10 Å². The van der Waals surface area contributed by atoms with Crippen molar-refractivity contribution in [1.29, 1.82) is 0 Å². The van der Waals surface area contributed by atoms with Gasteiger partial charge in [0, 0.05) is 12.7 Å². The van der Waals surface area contributed by atoms with Crippen LogP contribution >= 0.6 is 25.1 Å². The number of hydrogen-bond donors (Lipinski definition) is 1. The minimum absolute atomic E-state index is 0. The Morgan fingerprint density at radius 3 is 2.78 bits per heavy atom. The van der Waals surface area contributed by atoms with E-state index in [0.717, 1.165) is 25.1 Å². The van der Waals surface area contributed by atoms with Crippen LogP contribution in [0.3, 0.4) is 0 Å². The molecule has 5 heterocycles. The predicted octanol–water partition coefficient (Wildman–Crippen LogP) is 2.65. The van der Waals surface area contributed by atoms with E-state index in [9.17, 15) is 4.79 Å². The smallest absolute Gasteiger partial charge is 0.284 e. The SMILES string of the molecule is O=c1c2c(Cl)ccn2nc([C@@H]2CCCN2c2ncnc3n[nH]nc23)n1-c1ccccc1.S. The van der Waals surface area contributed by atoms with Gasteiger partial charge < -0.3 is 4.90 Å². The van der Waals surface area contributed by atoms with Crippen LogP contribution in [0.5, 0.6) is 0 Å². The molecule has 0 aliphatic carbocycles. The van der Waals surface area contributed by atoms with E-state index in [2.05, 4.69) is 30.3 Å². The molecule has 0 spiro atoms. The van der Waals surface area contributed by atoms with Gasteiger partial charge in [-0.2, -0.15) is 28.9 Å². The standard InChI is InChI=1S/C20H16ClN9O.H2S/c21-13-8-10-29-16(13)20(31)30(12-5-2-1-3-6-12)18(26-29)14-7-4-9-28(14)19-15-17(22-11-23-19)25-27-24-15;/h1-3,5-6,8,10-11,14H,4,7,9H2,(H,22,23,24,25,27);1H2/t14-;/m0./s1. The van der Waals surface area contributed by atoms with Crippen LogP contribution in [0, 0.1) is 0 Å². The van der Waals surface area contributed by atoms with Crippen molar-refractivity contribution in [1.82, 2.24) is 39.6 Å². The first-order valence-electron chi connectivity index (χ1n) is 9.86. The van der Waals surface area contributed by atoms with Gasteiger partial charge in [0.15, 0.2) is 17.2 Å². The highest BCUT2D eigenvalue weighted by molar-refractivity contribution is 7.59. The number of aromatic nitrogens is 8. The highest BCUT2D eigenvalue weighted by atomic mass is 35.5. The summed E-state index contributed by atoms with van der Waals surface area (Å²) in [5.41, 5.74) is 1.95. The first kappa shape index (κ1) is 20.5. The first-order valence-corrected chi connectivity index (χ1v) is 10.2. The van der Waals surface area contributed by atoms with Crippen molar-refractivity contribution < 1.29 is 0 Å². The molecule has 12 heteroatoms. The maximum atomic E-state index is 13.5. The van der Waals surface area contributed by atoms with Gasteiger partial charge in [-0.25, -0.2) is 14.5 Å². The van der Waals surface area contributed by atoms with Crippen molar-refractivity contribution in [2.75, 3.05) is 11.4 Å². The molecule has 1 atom stereocenters. The van der Waals surface area contributed by atoms with E-state index in [1.54, 1.807) is 21.3 Å². The van der Waals surface area contributed by atoms with Gasteiger partial charge in [0.1, 0.15) is 11.8 Å². The zero-order valence-corrected chi connectivity index (χ0v) is 18.4. The molecule has 1 aromatic carbocycles. The largest absolute Gasteiger partial charge is 0.344 e. The van der Waals surface area contributed by atoms with Crippen LogP contribution in [-0.2, 0) is 0 Å². The second-order valence-corrected chi connectivity index (χ2v) is 7.74. The Morgan fingerprint density at radius 2 is 1.94 bits per heavy atom. The fourth-order valence-corrected chi connectivity index (χ4v) is 4.48. The van der Waals surface area contributed by atoms with E-state index < -0.39 is 0 Å². The van der Waals surface area contributed by atoms with Crippen LogP contribution in [0.4, 0.5) is 5.82 Å². The highest BCUT2D eigenvalue weighted by Crippen LogP contribution is 2.36. The molecule has 0 radical (unpaired) electrons. The number of para-hydroxylation sites is 1. The Morgan fingerprint density at radius 1 is 1.09 bits per heavy atom.